The molecule has 1 unspecified atom stereocenters. The van der Waals surface area contributed by atoms with E-state index in [4.69, 9.17) is 5.11 Å². The first-order chi connectivity index (χ1) is 9.61. The molecule has 0 aliphatic heterocycles. The normalized spacial score (nSPS) is 15.4. The third-order valence-electron chi connectivity index (χ3n) is 3.52. The van der Waals surface area contributed by atoms with Gasteiger partial charge in [-0.3, -0.25) is 9.59 Å². The van der Waals surface area contributed by atoms with Crippen LogP contribution in [0.25, 0.3) is 0 Å². The van der Waals surface area contributed by atoms with Crippen LogP contribution in [-0.4, -0.2) is 34.5 Å². The number of aliphatic carboxylic acids is 1. The fourth-order valence-electron chi connectivity index (χ4n) is 2.30. The summed E-state index contributed by atoms with van der Waals surface area (Å²) < 4.78 is 0. The van der Waals surface area contributed by atoms with Crippen molar-refractivity contribution in [1.29, 1.82) is 0 Å². The lowest BCUT2D eigenvalue weighted by Crippen LogP contribution is -2.38. The molecule has 4 nitrogen and oxygen atoms in total. The molecule has 106 valence electrons. The molecule has 1 atom stereocenters. The van der Waals surface area contributed by atoms with Crippen LogP contribution in [0.4, 0.5) is 0 Å². The zero-order valence-corrected chi connectivity index (χ0v) is 11.4. The lowest BCUT2D eigenvalue weighted by Gasteiger charge is -2.22. The number of allylic oxidation sites excluding steroid dienone is 1. The first-order valence-electron chi connectivity index (χ1n) is 6.80. The van der Waals surface area contributed by atoms with Gasteiger partial charge in [0.15, 0.2) is 0 Å². The minimum Gasteiger partial charge on any atom is -0.480 e. The number of carbonyl (C=O) groups excluding carboxylic acids is 1. The zero-order valence-electron chi connectivity index (χ0n) is 11.4. The van der Waals surface area contributed by atoms with Crippen molar-refractivity contribution in [2.45, 2.75) is 31.2 Å². The highest BCUT2D eigenvalue weighted by molar-refractivity contribution is 5.82. The van der Waals surface area contributed by atoms with Crippen molar-refractivity contribution in [1.82, 2.24) is 4.90 Å². The maximum Gasteiger partial charge on any atom is 0.323 e. The van der Waals surface area contributed by atoms with Crippen molar-refractivity contribution in [3.8, 4) is 0 Å². The Labute approximate surface area is 118 Å². The highest BCUT2D eigenvalue weighted by atomic mass is 16.4. The lowest BCUT2D eigenvalue weighted by atomic mass is 9.95. The Morgan fingerprint density at radius 1 is 1.35 bits per heavy atom. The first kappa shape index (κ1) is 14.3. The van der Waals surface area contributed by atoms with Crippen molar-refractivity contribution >= 4 is 11.9 Å². The number of carboxylic acid groups (broad SMARTS) is 1. The molecule has 0 heterocycles. The van der Waals surface area contributed by atoms with E-state index in [-0.39, 0.29) is 30.8 Å². The Hall–Kier alpha value is -2.10. The largest absolute Gasteiger partial charge is 0.480 e. The fourth-order valence-corrected chi connectivity index (χ4v) is 2.30. The Balaban J connectivity index is 2.04. The Bertz CT molecular complexity index is 494. The van der Waals surface area contributed by atoms with Crippen LogP contribution in [0.1, 0.15) is 30.7 Å². The highest BCUT2D eigenvalue weighted by Crippen LogP contribution is 2.29. The van der Waals surface area contributed by atoms with Gasteiger partial charge in [-0.15, -0.1) is 6.58 Å². The van der Waals surface area contributed by atoms with E-state index in [2.05, 4.69) is 6.58 Å². The van der Waals surface area contributed by atoms with Crippen LogP contribution >= 0.6 is 0 Å². The van der Waals surface area contributed by atoms with Gasteiger partial charge in [0.2, 0.25) is 5.91 Å². The van der Waals surface area contributed by atoms with E-state index >= 15 is 0 Å². The molecule has 0 spiro atoms. The van der Waals surface area contributed by atoms with Gasteiger partial charge in [0.1, 0.15) is 6.54 Å². The average Bonchev–Trinajstić information content (AvgIpc) is 3.27. The topological polar surface area (TPSA) is 57.6 Å². The van der Waals surface area contributed by atoms with Gasteiger partial charge in [0.05, 0.1) is 0 Å². The molecule has 1 amide bonds. The molecule has 2 rings (SSSR count). The summed E-state index contributed by atoms with van der Waals surface area (Å²) in [4.78, 5) is 24.7. The number of amides is 1. The standard InChI is InChI=1S/C16H19NO3/c1-2-12(13-6-4-3-5-7-13)10-15(18)17(11-16(19)20)14-8-9-14/h2-7,12,14H,1,8-11H2,(H,19,20). The molecule has 4 heteroatoms. The summed E-state index contributed by atoms with van der Waals surface area (Å²) in [5.74, 6) is -1.14. The van der Waals surface area contributed by atoms with Crippen LogP contribution in [0, 0.1) is 0 Å². The van der Waals surface area contributed by atoms with E-state index in [0.29, 0.717) is 0 Å². The summed E-state index contributed by atoms with van der Waals surface area (Å²) in [6.45, 7) is 3.58. The maximum atomic E-state index is 12.3. The Morgan fingerprint density at radius 3 is 2.50 bits per heavy atom. The minimum atomic E-state index is -0.958. The minimum absolute atomic E-state index is 0.0706. The molecule has 1 aliphatic rings. The second-order valence-electron chi connectivity index (χ2n) is 5.10. The number of hydrogen-bond donors (Lipinski definition) is 1. The van der Waals surface area contributed by atoms with E-state index in [1.54, 1.807) is 6.08 Å². The Kier molecular flexibility index (Phi) is 4.56. The molecule has 1 aromatic rings. The van der Waals surface area contributed by atoms with Crippen LogP contribution in [0.2, 0.25) is 0 Å². The lowest BCUT2D eigenvalue weighted by molar-refractivity contribution is -0.145. The van der Waals surface area contributed by atoms with Gasteiger partial charge in [-0.05, 0) is 18.4 Å². The summed E-state index contributed by atoms with van der Waals surface area (Å²) >= 11 is 0. The van der Waals surface area contributed by atoms with E-state index < -0.39 is 5.97 Å². The quantitative estimate of drug-likeness (QED) is 0.776. The summed E-state index contributed by atoms with van der Waals surface area (Å²) in [7, 11) is 0. The van der Waals surface area contributed by atoms with Crippen molar-refractivity contribution < 1.29 is 14.7 Å². The van der Waals surface area contributed by atoms with E-state index in [0.717, 1.165) is 18.4 Å². The summed E-state index contributed by atoms with van der Waals surface area (Å²) in [6.07, 6.45) is 3.84. The number of nitrogens with zero attached hydrogens (tertiary/aromatic N) is 1. The van der Waals surface area contributed by atoms with Gasteiger partial charge in [-0.2, -0.15) is 0 Å². The highest BCUT2D eigenvalue weighted by Gasteiger charge is 2.34. The molecule has 1 N–H and O–H groups in total. The van der Waals surface area contributed by atoms with Gasteiger partial charge < -0.3 is 10.0 Å². The van der Waals surface area contributed by atoms with Gasteiger partial charge in [-0.25, -0.2) is 0 Å². The van der Waals surface area contributed by atoms with Crippen LogP contribution < -0.4 is 0 Å². The Morgan fingerprint density at radius 2 is 2.00 bits per heavy atom. The number of carboxylic acids is 1. The van der Waals surface area contributed by atoms with Crippen LogP contribution in [0.15, 0.2) is 43.0 Å². The van der Waals surface area contributed by atoms with Gasteiger partial charge in [0, 0.05) is 18.4 Å². The molecule has 1 fully saturated rings. The van der Waals surface area contributed by atoms with E-state index in [1.165, 1.54) is 4.90 Å². The number of rotatable bonds is 7. The molecule has 1 aromatic carbocycles. The fraction of sp³-hybridized carbons (Fsp3) is 0.375. The zero-order chi connectivity index (χ0) is 14.5. The van der Waals surface area contributed by atoms with Crippen LogP contribution in [-0.2, 0) is 9.59 Å². The van der Waals surface area contributed by atoms with Crippen molar-refractivity contribution in [2.75, 3.05) is 6.54 Å². The summed E-state index contributed by atoms with van der Waals surface area (Å²) in [6, 6.07) is 9.79. The van der Waals surface area contributed by atoms with Crippen LogP contribution in [0.5, 0.6) is 0 Å². The predicted molar refractivity (Wildman–Crippen MR) is 76.4 cm³/mol. The summed E-state index contributed by atoms with van der Waals surface area (Å²) in [5, 5.41) is 8.90. The third kappa shape index (κ3) is 3.70. The molecular weight excluding hydrogens is 254 g/mol. The number of benzene rings is 1. The number of carbonyl (C=O) groups is 2. The van der Waals surface area contributed by atoms with Crippen LogP contribution in [0.3, 0.4) is 0 Å². The molecule has 0 saturated heterocycles. The average molecular weight is 273 g/mol. The molecule has 1 saturated carbocycles. The van der Waals surface area contributed by atoms with E-state index in [9.17, 15) is 9.59 Å². The number of hydrogen-bond acceptors (Lipinski definition) is 2. The summed E-state index contributed by atoms with van der Waals surface area (Å²) in [5.41, 5.74) is 1.03. The van der Waals surface area contributed by atoms with E-state index in [1.807, 2.05) is 30.3 Å². The first-order valence-corrected chi connectivity index (χ1v) is 6.80. The third-order valence-corrected chi connectivity index (χ3v) is 3.52. The smallest absolute Gasteiger partial charge is 0.323 e. The molecule has 0 bridgehead atoms. The molecule has 20 heavy (non-hydrogen) atoms. The molecule has 0 radical (unpaired) electrons. The monoisotopic (exact) mass is 273 g/mol. The molecular formula is C16H19NO3. The SMILES string of the molecule is C=CC(CC(=O)N(CC(=O)O)C1CC1)c1ccccc1. The maximum absolute atomic E-state index is 12.3. The van der Waals surface area contributed by atoms with Crippen molar-refractivity contribution in [3.05, 3.63) is 48.6 Å². The van der Waals surface area contributed by atoms with Gasteiger partial charge in [-0.1, -0.05) is 36.4 Å². The second kappa shape index (κ2) is 6.37. The second-order valence-corrected chi connectivity index (χ2v) is 5.10. The van der Waals surface area contributed by atoms with Gasteiger partial charge in [0.25, 0.3) is 0 Å². The molecule has 0 aromatic heterocycles. The van der Waals surface area contributed by atoms with Crippen molar-refractivity contribution in [2.24, 2.45) is 0 Å². The predicted octanol–water partition coefficient (Wildman–Crippen LogP) is 2.42. The molecule has 1 aliphatic carbocycles. The van der Waals surface area contributed by atoms with Crippen molar-refractivity contribution in [3.63, 3.8) is 0 Å². The van der Waals surface area contributed by atoms with Gasteiger partial charge >= 0.3 is 5.97 Å².